The second-order valence-electron chi connectivity index (χ2n) is 14.1. The third kappa shape index (κ3) is 5.08. The van der Waals surface area contributed by atoms with Gasteiger partial charge < -0.3 is 25.2 Å². The molecule has 0 heterocycles. The van der Waals surface area contributed by atoms with Crippen molar-refractivity contribution in [2.24, 2.45) is 29.1 Å². The van der Waals surface area contributed by atoms with Gasteiger partial charge in [-0.3, -0.25) is 4.79 Å². The Balaban J connectivity index is 1.37. The van der Waals surface area contributed by atoms with Crippen molar-refractivity contribution in [3.05, 3.63) is 23.3 Å². The van der Waals surface area contributed by atoms with Crippen molar-refractivity contribution in [3.63, 3.8) is 0 Å². The summed E-state index contributed by atoms with van der Waals surface area (Å²) in [6.45, 7) is 10.2. The molecule has 4 aliphatic carbocycles. The zero-order valence-electron chi connectivity index (χ0n) is 25.8. The molecule has 4 aliphatic rings. The molecule has 4 N–H and O–H groups in total. The number of carbonyl (C=O) groups is 1. The van der Waals surface area contributed by atoms with Gasteiger partial charge in [0, 0.05) is 42.1 Å². The topological polar surface area (TPSA) is 107 Å². The van der Waals surface area contributed by atoms with Crippen LogP contribution in [0.15, 0.2) is 23.3 Å². The molecule has 0 amide bonds. The van der Waals surface area contributed by atoms with Crippen LogP contribution in [0.1, 0.15) is 118 Å². The second kappa shape index (κ2) is 12.3. The monoisotopic (exact) mass is 560 g/mol. The summed E-state index contributed by atoms with van der Waals surface area (Å²) in [4.78, 5) is 13.1. The average molecular weight is 561 g/mol. The molecule has 0 saturated heterocycles. The van der Waals surface area contributed by atoms with E-state index in [-0.39, 0.29) is 18.9 Å². The summed E-state index contributed by atoms with van der Waals surface area (Å²) in [5, 5.41) is 46.0. The first-order valence-electron chi connectivity index (χ1n) is 16.2. The summed E-state index contributed by atoms with van der Waals surface area (Å²) < 4.78 is 6.62. The number of hydrogen-bond donors (Lipinski definition) is 4. The van der Waals surface area contributed by atoms with Crippen LogP contribution in [0.4, 0.5) is 0 Å². The predicted octanol–water partition coefficient (Wildman–Crippen LogP) is 5.66. The number of aliphatic hydroxyl groups excluding tert-OH is 2. The van der Waals surface area contributed by atoms with Crippen LogP contribution in [-0.4, -0.2) is 62.3 Å². The number of carbonyl (C=O) groups excluding carboxylic acids is 1. The van der Waals surface area contributed by atoms with Crippen LogP contribution in [0, 0.1) is 29.1 Å². The average Bonchev–Trinajstić information content (AvgIpc) is 3.36. The van der Waals surface area contributed by atoms with Crippen molar-refractivity contribution in [1.82, 2.24) is 0 Å². The number of fused-ring (bicyclic) bond motifs is 5. The predicted molar refractivity (Wildman–Crippen MR) is 158 cm³/mol. The first-order chi connectivity index (χ1) is 18.9. The van der Waals surface area contributed by atoms with Crippen molar-refractivity contribution in [2.45, 2.75) is 141 Å². The van der Waals surface area contributed by atoms with Gasteiger partial charge in [-0.25, -0.2) is 0 Å². The Morgan fingerprint density at radius 1 is 0.925 bits per heavy atom. The lowest BCUT2D eigenvalue weighted by Gasteiger charge is -2.52. The Morgan fingerprint density at radius 2 is 1.48 bits per heavy atom. The maximum atomic E-state index is 13.1. The van der Waals surface area contributed by atoms with Crippen molar-refractivity contribution < 1.29 is 30.0 Å². The van der Waals surface area contributed by atoms with E-state index in [1.165, 1.54) is 64.2 Å². The summed E-state index contributed by atoms with van der Waals surface area (Å²) >= 11 is 0. The Bertz CT molecular complexity index is 969. The van der Waals surface area contributed by atoms with Gasteiger partial charge in [0.15, 0.2) is 5.78 Å². The van der Waals surface area contributed by atoms with Crippen LogP contribution in [0.5, 0.6) is 0 Å². The van der Waals surface area contributed by atoms with Crippen LogP contribution in [0.2, 0.25) is 0 Å². The Kier molecular flexibility index (Phi) is 9.79. The smallest absolute Gasteiger partial charge is 0.190 e. The summed E-state index contributed by atoms with van der Waals surface area (Å²) in [7, 11) is 0. The van der Waals surface area contributed by atoms with Gasteiger partial charge in [-0.15, -0.1) is 0 Å². The van der Waals surface area contributed by atoms with E-state index in [2.05, 4.69) is 20.8 Å². The minimum Gasteiger partial charge on any atom is -0.392 e. The van der Waals surface area contributed by atoms with Crippen LogP contribution < -0.4 is 0 Å². The SMILES string of the molecule is CCCCCCCCCCCCCCO[C@@]12[C@H](O)[C@@H](C)[C@@]3(O)[C@@H](C=C(CO)C[C@]4(O)C(=O)C(C)=C[C@@H]34)[C@H]1C2(C)C. The van der Waals surface area contributed by atoms with Crippen molar-refractivity contribution in [1.29, 1.82) is 0 Å². The zero-order valence-corrected chi connectivity index (χ0v) is 25.8. The second-order valence-corrected chi connectivity index (χ2v) is 14.1. The minimum absolute atomic E-state index is 0.0116. The van der Waals surface area contributed by atoms with Gasteiger partial charge in [0.25, 0.3) is 0 Å². The fraction of sp³-hybridized carbons (Fsp3) is 0.853. The third-order valence-corrected chi connectivity index (χ3v) is 11.3. The Hall–Kier alpha value is -1.05. The van der Waals surface area contributed by atoms with Crippen molar-refractivity contribution >= 4 is 5.78 Å². The summed E-state index contributed by atoms with van der Waals surface area (Å²) in [5.41, 5.74) is -3.58. The van der Waals surface area contributed by atoms with Crippen molar-refractivity contribution in [3.8, 4) is 0 Å². The standard InChI is InChI=1S/C34H56O6/c1-6-7-8-9-10-11-12-13-14-15-16-17-18-40-34-28(31(34,4)5)26-20-25(22-35)21-32(38)27(19-23(2)29(32)36)33(26,39)24(3)30(34)37/h19-20,24,26-28,30,35,37-39H,6-18,21-22H2,1-5H3/t24-,26+,27-,28+,30-,32-,33-,34-/m1/s1. The molecule has 0 spiro atoms. The highest BCUT2D eigenvalue weighted by molar-refractivity contribution is 6.04. The lowest BCUT2D eigenvalue weighted by Crippen LogP contribution is -2.65. The van der Waals surface area contributed by atoms with Gasteiger partial charge >= 0.3 is 0 Å². The molecule has 0 radical (unpaired) electrons. The maximum Gasteiger partial charge on any atom is 0.190 e. The lowest BCUT2D eigenvalue weighted by atomic mass is 9.59. The molecule has 2 fully saturated rings. The van der Waals surface area contributed by atoms with E-state index in [1.807, 2.05) is 13.0 Å². The first kappa shape index (κ1) is 31.9. The molecule has 228 valence electrons. The van der Waals surface area contributed by atoms with Crippen LogP contribution >= 0.6 is 0 Å². The third-order valence-electron chi connectivity index (χ3n) is 11.3. The quantitative estimate of drug-likeness (QED) is 0.152. The molecule has 0 unspecified atom stereocenters. The maximum absolute atomic E-state index is 13.1. The van der Waals surface area contributed by atoms with E-state index in [9.17, 15) is 25.2 Å². The molecule has 0 aromatic heterocycles. The number of Topliss-reactive ketones (excluding diaryl/α,β-unsaturated/α-hetero) is 1. The normalized spacial score (nSPS) is 39.6. The number of ether oxygens (including phenoxy) is 1. The van der Waals surface area contributed by atoms with E-state index in [0.29, 0.717) is 17.8 Å². The van der Waals surface area contributed by atoms with Gasteiger partial charge in [0.2, 0.25) is 0 Å². The highest BCUT2D eigenvalue weighted by atomic mass is 16.5. The van der Waals surface area contributed by atoms with Gasteiger partial charge in [0.1, 0.15) is 11.2 Å². The van der Waals surface area contributed by atoms with Crippen LogP contribution in [-0.2, 0) is 9.53 Å². The molecule has 8 atom stereocenters. The number of ketones is 1. The molecule has 0 aromatic rings. The molecule has 40 heavy (non-hydrogen) atoms. The molecule has 0 aliphatic heterocycles. The van der Waals surface area contributed by atoms with Crippen LogP contribution in [0.25, 0.3) is 0 Å². The molecular formula is C34H56O6. The highest BCUT2D eigenvalue weighted by Gasteiger charge is 2.85. The molecule has 4 rings (SSSR count). The van der Waals surface area contributed by atoms with E-state index in [4.69, 9.17) is 4.74 Å². The Labute approximate surface area is 242 Å². The number of rotatable bonds is 15. The Morgan fingerprint density at radius 3 is 2.02 bits per heavy atom. The minimum atomic E-state index is -1.81. The zero-order chi connectivity index (χ0) is 29.3. The molecule has 0 aromatic carbocycles. The van der Waals surface area contributed by atoms with Gasteiger partial charge in [-0.1, -0.05) is 110 Å². The summed E-state index contributed by atoms with van der Waals surface area (Å²) in [6, 6.07) is 0. The molecular weight excluding hydrogens is 504 g/mol. The molecule has 6 nitrogen and oxygen atoms in total. The van der Waals surface area contributed by atoms with Crippen molar-refractivity contribution in [2.75, 3.05) is 13.2 Å². The van der Waals surface area contributed by atoms with Gasteiger partial charge in [0.05, 0.1) is 18.3 Å². The molecule has 0 bridgehead atoms. The molecule has 6 heteroatoms. The van der Waals surface area contributed by atoms with Crippen LogP contribution in [0.3, 0.4) is 0 Å². The lowest BCUT2D eigenvalue weighted by molar-refractivity contribution is -0.219. The van der Waals surface area contributed by atoms with E-state index in [0.717, 1.165) is 12.8 Å². The number of hydrogen-bond acceptors (Lipinski definition) is 6. The van der Waals surface area contributed by atoms with E-state index >= 15 is 0 Å². The number of unbranched alkanes of at least 4 members (excludes halogenated alkanes) is 11. The first-order valence-corrected chi connectivity index (χ1v) is 16.2. The highest BCUT2D eigenvalue weighted by Crippen LogP contribution is 2.76. The fourth-order valence-electron chi connectivity index (χ4n) is 8.96. The molecule has 2 saturated carbocycles. The summed E-state index contributed by atoms with van der Waals surface area (Å²) in [6.07, 6.45) is 17.9. The summed E-state index contributed by atoms with van der Waals surface area (Å²) in [5.74, 6) is -2.55. The fourth-order valence-corrected chi connectivity index (χ4v) is 8.96. The van der Waals surface area contributed by atoms with Gasteiger partial charge in [-0.05, 0) is 24.5 Å². The van der Waals surface area contributed by atoms with E-state index < -0.39 is 51.9 Å². The largest absolute Gasteiger partial charge is 0.392 e. The van der Waals surface area contributed by atoms with E-state index in [1.54, 1.807) is 13.0 Å². The number of aliphatic hydroxyl groups is 4. The van der Waals surface area contributed by atoms with Gasteiger partial charge in [-0.2, -0.15) is 0 Å².